The number of sulfonamides is 1. The van der Waals surface area contributed by atoms with Crippen molar-refractivity contribution >= 4 is 20.8 Å². The summed E-state index contributed by atoms with van der Waals surface area (Å²) in [5.41, 5.74) is 0. The number of piperidine rings is 1. The first-order valence-electron chi connectivity index (χ1n) is 9.28. The van der Waals surface area contributed by atoms with Crippen LogP contribution in [-0.4, -0.2) is 46.6 Å². The van der Waals surface area contributed by atoms with E-state index in [1.807, 2.05) is 24.3 Å². The molecule has 1 fully saturated rings. The standard InChI is InChI=1S/C20H28N2O3S/c1-16-5-3-11-22(15-16)12-4-10-21-26(23,24)20-9-7-17-13-19(25-2)8-6-18(17)14-20/h6-9,13-14,16,21H,3-5,10-12,15H2,1-2H3/t16-/m0/s1. The molecule has 2 aromatic rings. The average Bonchev–Trinajstić information content (AvgIpc) is 2.64. The number of benzene rings is 2. The van der Waals surface area contributed by atoms with Gasteiger partial charge in [0.1, 0.15) is 5.75 Å². The minimum Gasteiger partial charge on any atom is -0.497 e. The fourth-order valence-corrected chi connectivity index (χ4v) is 4.69. The molecule has 2 aromatic carbocycles. The fourth-order valence-electron chi connectivity index (χ4n) is 3.58. The number of ether oxygens (including phenoxy) is 1. The summed E-state index contributed by atoms with van der Waals surface area (Å²) < 4.78 is 33.0. The highest BCUT2D eigenvalue weighted by atomic mass is 32.2. The number of nitrogens with zero attached hydrogens (tertiary/aromatic N) is 1. The van der Waals surface area contributed by atoms with E-state index in [0.29, 0.717) is 11.4 Å². The summed E-state index contributed by atoms with van der Waals surface area (Å²) in [4.78, 5) is 2.74. The van der Waals surface area contributed by atoms with E-state index in [1.165, 1.54) is 12.8 Å². The first-order chi connectivity index (χ1) is 12.5. The minimum absolute atomic E-state index is 0.307. The lowest BCUT2D eigenvalue weighted by molar-refractivity contribution is 0.182. The molecular formula is C20H28N2O3S. The lowest BCUT2D eigenvalue weighted by Crippen LogP contribution is -2.36. The van der Waals surface area contributed by atoms with Crippen molar-refractivity contribution in [3.05, 3.63) is 36.4 Å². The van der Waals surface area contributed by atoms with E-state index < -0.39 is 10.0 Å². The zero-order valence-electron chi connectivity index (χ0n) is 15.6. The van der Waals surface area contributed by atoms with Gasteiger partial charge < -0.3 is 9.64 Å². The van der Waals surface area contributed by atoms with Gasteiger partial charge in [0.2, 0.25) is 10.0 Å². The van der Waals surface area contributed by atoms with Crippen LogP contribution >= 0.6 is 0 Å². The van der Waals surface area contributed by atoms with Crippen molar-refractivity contribution in [2.75, 3.05) is 33.3 Å². The van der Waals surface area contributed by atoms with Gasteiger partial charge in [0, 0.05) is 13.1 Å². The minimum atomic E-state index is -3.48. The summed E-state index contributed by atoms with van der Waals surface area (Å²) >= 11 is 0. The number of methoxy groups -OCH3 is 1. The molecule has 0 unspecified atom stereocenters. The molecule has 0 aromatic heterocycles. The topological polar surface area (TPSA) is 58.6 Å². The summed E-state index contributed by atoms with van der Waals surface area (Å²) in [6, 6.07) is 10.8. The Labute approximate surface area is 156 Å². The molecule has 0 amide bonds. The molecule has 0 bridgehead atoms. The summed E-state index contributed by atoms with van der Waals surface area (Å²) in [6.45, 7) is 5.95. The van der Waals surface area contributed by atoms with Gasteiger partial charge in [-0.05, 0) is 73.3 Å². The van der Waals surface area contributed by atoms with Crippen LogP contribution in [0.3, 0.4) is 0 Å². The van der Waals surface area contributed by atoms with Gasteiger partial charge in [-0.3, -0.25) is 0 Å². The highest BCUT2D eigenvalue weighted by Crippen LogP contribution is 2.23. The third-order valence-electron chi connectivity index (χ3n) is 5.01. The quantitative estimate of drug-likeness (QED) is 0.754. The lowest BCUT2D eigenvalue weighted by Gasteiger charge is -2.30. The molecule has 142 valence electrons. The van der Waals surface area contributed by atoms with E-state index in [0.717, 1.165) is 48.5 Å². The Hall–Kier alpha value is -1.63. The smallest absolute Gasteiger partial charge is 0.240 e. The summed E-state index contributed by atoms with van der Waals surface area (Å²) in [5.74, 6) is 1.51. The number of hydrogen-bond donors (Lipinski definition) is 1. The van der Waals surface area contributed by atoms with E-state index in [-0.39, 0.29) is 0 Å². The van der Waals surface area contributed by atoms with E-state index in [4.69, 9.17) is 4.74 Å². The molecule has 1 aliphatic rings. The van der Waals surface area contributed by atoms with Crippen LogP contribution in [-0.2, 0) is 10.0 Å². The molecule has 6 heteroatoms. The van der Waals surface area contributed by atoms with E-state index in [2.05, 4.69) is 16.5 Å². The zero-order chi connectivity index (χ0) is 18.6. The molecule has 1 heterocycles. The predicted molar refractivity (Wildman–Crippen MR) is 105 cm³/mol. The number of likely N-dealkylation sites (tertiary alicyclic amines) is 1. The van der Waals surface area contributed by atoms with Gasteiger partial charge >= 0.3 is 0 Å². The Bertz CT molecular complexity index is 851. The maximum atomic E-state index is 12.6. The van der Waals surface area contributed by atoms with Crippen molar-refractivity contribution in [3.8, 4) is 5.75 Å². The van der Waals surface area contributed by atoms with Crippen LogP contribution in [0.25, 0.3) is 10.8 Å². The van der Waals surface area contributed by atoms with Crippen molar-refractivity contribution in [1.29, 1.82) is 0 Å². The van der Waals surface area contributed by atoms with Crippen LogP contribution in [0.4, 0.5) is 0 Å². The maximum absolute atomic E-state index is 12.6. The summed E-state index contributed by atoms with van der Waals surface area (Å²) in [6.07, 6.45) is 3.38. The third-order valence-corrected chi connectivity index (χ3v) is 6.47. The molecule has 0 spiro atoms. The van der Waals surface area contributed by atoms with Crippen LogP contribution in [0.15, 0.2) is 41.3 Å². The third kappa shape index (κ3) is 4.75. The Balaban J connectivity index is 1.58. The molecule has 0 radical (unpaired) electrons. The van der Waals surface area contributed by atoms with Crippen LogP contribution in [0.2, 0.25) is 0 Å². The van der Waals surface area contributed by atoms with Gasteiger partial charge in [-0.2, -0.15) is 0 Å². The Kier molecular flexibility index (Phi) is 6.16. The van der Waals surface area contributed by atoms with Gasteiger partial charge in [0.25, 0.3) is 0 Å². The number of fused-ring (bicyclic) bond motifs is 1. The Morgan fingerprint density at radius 1 is 1.19 bits per heavy atom. The first-order valence-corrected chi connectivity index (χ1v) is 10.8. The maximum Gasteiger partial charge on any atom is 0.240 e. The van der Waals surface area contributed by atoms with Crippen LogP contribution in [0, 0.1) is 5.92 Å². The molecular weight excluding hydrogens is 348 g/mol. The van der Waals surface area contributed by atoms with Gasteiger partial charge in [0.15, 0.2) is 0 Å². The monoisotopic (exact) mass is 376 g/mol. The number of nitrogens with one attached hydrogen (secondary N) is 1. The van der Waals surface area contributed by atoms with Crippen LogP contribution < -0.4 is 9.46 Å². The molecule has 3 rings (SSSR count). The molecule has 1 saturated heterocycles. The lowest BCUT2D eigenvalue weighted by atomic mass is 10.0. The second-order valence-corrected chi connectivity index (χ2v) is 8.94. The van der Waals surface area contributed by atoms with Crippen molar-refractivity contribution in [2.45, 2.75) is 31.1 Å². The summed E-state index contributed by atoms with van der Waals surface area (Å²) in [7, 11) is -1.86. The van der Waals surface area contributed by atoms with Gasteiger partial charge in [0.05, 0.1) is 12.0 Å². The van der Waals surface area contributed by atoms with Crippen molar-refractivity contribution < 1.29 is 13.2 Å². The van der Waals surface area contributed by atoms with Crippen molar-refractivity contribution in [3.63, 3.8) is 0 Å². The summed E-state index contributed by atoms with van der Waals surface area (Å²) in [5, 5.41) is 1.85. The largest absolute Gasteiger partial charge is 0.497 e. The van der Waals surface area contributed by atoms with Crippen LogP contribution in [0.1, 0.15) is 26.2 Å². The number of hydrogen-bond acceptors (Lipinski definition) is 4. The fraction of sp³-hybridized carbons (Fsp3) is 0.500. The SMILES string of the molecule is COc1ccc2cc(S(=O)(=O)NCCCN3CCC[C@H](C)C3)ccc2c1. The molecule has 1 atom stereocenters. The van der Waals surface area contributed by atoms with Crippen molar-refractivity contribution in [2.24, 2.45) is 5.92 Å². The van der Waals surface area contributed by atoms with Gasteiger partial charge in [-0.1, -0.05) is 19.1 Å². The zero-order valence-corrected chi connectivity index (χ0v) is 16.4. The average molecular weight is 377 g/mol. The second kappa shape index (κ2) is 8.37. The normalized spacial score (nSPS) is 18.9. The highest BCUT2D eigenvalue weighted by molar-refractivity contribution is 7.89. The van der Waals surface area contributed by atoms with E-state index in [1.54, 1.807) is 19.2 Å². The molecule has 1 N–H and O–H groups in total. The van der Waals surface area contributed by atoms with Gasteiger partial charge in [-0.15, -0.1) is 0 Å². The predicted octanol–water partition coefficient (Wildman–Crippen LogP) is 3.25. The molecule has 1 aliphatic heterocycles. The Morgan fingerprint density at radius 2 is 1.96 bits per heavy atom. The van der Waals surface area contributed by atoms with Gasteiger partial charge in [-0.25, -0.2) is 13.1 Å². The first kappa shape index (κ1) is 19.1. The second-order valence-electron chi connectivity index (χ2n) is 7.17. The molecule has 5 nitrogen and oxygen atoms in total. The van der Waals surface area contributed by atoms with Crippen molar-refractivity contribution in [1.82, 2.24) is 9.62 Å². The Morgan fingerprint density at radius 3 is 2.73 bits per heavy atom. The number of rotatable bonds is 7. The molecule has 26 heavy (non-hydrogen) atoms. The van der Waals surface area contributed by atoms with Crippen LogP contribution in [0.5, 0.6) is 5.75 Å². The highest BCUT2D eigenvalue weighted by Gasteiger charge is 2.17. The van der Waals surface area contributed by atoms with E-state index >= 15 is 0 Å². The molecule has 0 aliphatic carbocycles. The molecule has 0 saturated carbocycles. The van der Waals surface area contributed by atoms with E-state index in [9.17, 15) is 8.42 Å².